The Morgan fingerprint density at radius 2 is 1.00 bits per heavy atom. The molecule has 0 heterocycles. The van der Waals surface area contributed by atoms with Gasteiger partial charge in [-0.05, 0) is 36.6 Å². The summed E-state index contributed by atoms with van der Waals surface area (Å²) in [6.07, 6.45) is 17.3. The van der Waals surface area contributed by atoms with E-state index in [1.165, 1.54) is 94.9 Å². The summed E-state index contributed by atoms with van der Waals surface area (Å²) in [4.78, 5) is 10.3. The molecule has 0 spiro atoms. The topological polar surface area (TPSA) is 77.8 Å². The average Bonchev–Trinajstić information content (AvgIpc) is 2.64. The first-order valence-corrected chi connectivity index (χ1v) is 11.1. The Balaban J connectivity index is 0.000000749. The number of carboxylic acid groups (broad SMARTS) is 1. The number of phenols is 2. The van der Waals surface area contributed by atoms with Crippen molar-refractivity contribution in [3.63, 3.8) is 0 Å². The Hall–Kier alpha value is -1.71. The van der Waals surface area contributed by atoms with E-state index in [0.29, 0.717) is 6.42 Å². The Morgan fingerprint density at radius 3 is 1.32 bits per heavy atom. The first-order valence-electron chi connectivity index (χ1n) is 11.1. The van der Waals surface area contributed by atoms with Gasteiger partial charge in [-0.15, -0.1) is 0 Å². The van der Waals surface area contributed by atoms with E-state index in [2.05, 4.69) is 13.8 Å². The van der Waals surface area contributed by atoms with Crippen molar-refractivity contribution in [2.24, 2.45) is 5.92 Å². The molecule has 0 atom stereocenters. The molecule has 4 heteroatoms. The van der Waals surface area contributed by atoms with Crippen molar-refractivity contribution in [2.75, 3.05) is 0 Å². The Kier molecular flexibility index (Phi) is 17.5. The smallest absolute Gasteiger partial charge is 0.303 e. The van der Waals surface area contributed by atoms with Gasteiger partial charge < -0.3 is 15.3 Å². The summed E-state index contributed by atoms with van der Waals surface area (Å²) < 4.78 is 0. The highest BCUT2D eigenvalue weighted by Gasteiger charge is 1.97. The van der Waals surface area contributed by atoms with Gasteiger partial charge in [-0.25, -0.2) is 0 Å². The van der Waals surface area contributed by atoms with Gasteiger partial charge in [-0.2, -0.15) is 0 Å². The quantitative estimate of drug-likeness (QED) is 0.216. The number of phenolic OH excluding ortho intramolecular Hbond substituents is 2. The van der Waals surface area contributed by atoms with Gasteiger partial charge in [0.1, 0.15) is 11.5 Å². The van der Waals surface area contributed by atoms with Crippen LogP contribution in [-0.4, -0.2) is 21.3 Å². The van der Waals surface area contributed by atoms with Gasteiger partial charge in [-0.1, -0.05) is 90.9 Å². The van der Waals surface area contributed by atoms with Crippen molar-refractivity contribution >= 4 is 5.97 Å². The van der Waals surface area contributed by atoms with Crippen LogP contribution in [0.3, 0.4) is 0 Å². The van der Waals surface area contributed by atoms with E-state index in [0.717, 1.165) is 18.8 Å². The van der Waals surface area contributed by atoms with Crippen LogP contribution in [0, 0.1) is 5.92 Å². The normalized spacial score (nSPS) is 10.5. The van der Waals surface area contributed by atoms with Gasteiger partial charge in [0.15, 0.2) is 0 Å². The molecule has 1 aromatic rings. The van der Waals surface area contributed by atoms with Crippen LogP contribution < -0.4 is 0 Å². The van der Waals surface area contributed by atoms with Gasteiger partial charge >= 0.3 is 5.97 Å². The summed E-state index contributed by atoms with van der Waals surface area (Å²) in [7, 11) is 0. The van der Waals surface area contributed by atoms with Crippen LogP contribution in [0.25, 0.3) is 0 Å². The molecule has 4 nitrogen and oxygen atoms in total. The molecule has 0 aliphatic carbocycles. The number of hydrogen-bond donors (Lipinski definition) is 3. The second-order valence-corrected chi connectivity index (χ2v) is 8.09. The zero-order valence-electron chi connectivity index (χ0n) is 18.0. The largest absolute Gasteiger partial charge is 0.508 e. The van der Waals surface area contributed by atoms with Crippen LogP contribution in [0.15, 0.2) is 24.3 Å². The first kappa shape index (κ1) is 26.3. The van der Waals surface area contributed by atoms with Gasteiger partial charge in [0.2, 0.25) is 0 Å². The van der Waals surface area contributed by atoms with Crippen molar-refractivity contribution in [2.45, 2.75) is 104 Å². The Labute approximate surface area is 172 Å². The molecule has 1 aromatic carbocycles. The predicted octanol–water partition coefficient (Wildman–Crippen LogP) is 7.29. The fraction of sp³-hybridized carbons (Fsp3) is 0.708. The number of carbonyl (C=O) groups is 1. The van der Waals surface area contributed by atoms with Crippen molar-refractivity contribution in [3.05, 3.63) is 24.3 Å². The Morgan fingerprint density at radius 1 is 0.679 bits per heavy atom. The molecular formula is C24H42O4. The minimum atomic E-state index is -0.654. The molecule has 0 fully saturated rings. The standard InChI is InChI=1S/C18H36O2.C6H6O2/c1-17(2)15-13-11-9-7-5-3-4-6-8-10-12-14-16-18(19)20;7-5-1-2-6(8)4-3-5/h17H,3-16H2,1-2H3,(H,19,20);1-4,7-8H. The lowest BCUT2D eigenvalue weighted by Crippen LogP contribution is -1.93. The molecule has 162 valence electrons. The summed E-state index contributed by atoms with van der Waals surface area (Å²) in [6, 6.07) is 5.70. The van der Waals surface area contributed by atoms with Gasteiger partial charge in [0.25, 0.3) is 0 Å². The molecule has 3 N–H and O–H groups in total. The number of carboxylic acids is 1. The molecule has 0 saturated heterocycles. The van der Waals surface area contributed by atoms with Crippen LogP contribution >= 0.6 is 0 Å². The molecule has 0 amide bonds. The molecule has 0 aromatic heterocycles. The molecular weight excluding hydrogens is 352 g/mol. The average molecular weight is 395 g/mol. The predicted molar refractivity (Wildman–Crippen MR) is 117 cm³/mol. The number of hydrogen-bond acceptors (Lipinski definition) is 3. The SMILES string of the molecule is CC(C)CCCCCCCCCCCCCCC(=O)O.Oc1ccc(O)cc1. The van der Waals surface area contributed by atoms with E-state index < -0.39 is 5.97 Å². The second-order valence-electron chi connectivity index (χ2n) is 8.09. The van der Waals surface area contributed by atoms with E-state index in [1.54, 1.807) is 0 Å². The van der Waals surface area contributed by atoms with E-state index in [4.69, 9.17) is 15.3 Å². The maximum atomic E-state index is 10.3. The van der Waals surface area contributed by atoms with Crippen LogP contribution in [0.2, 0.25) is 0 Å². The third kappa shape index (κ3) is 20.6. The maximum Gasteiger partial charge on any atom is 0.303 e. The number of unbranched alkanes of at least 4 members (excludes halogenated alkanes) is 11. The second kappa shape index (κ2) is 18.6. The molecule has 0 radical (unpaired) electrons. The molecule has 0 unspecified atom stereocenters. The number of rotatable bonds is 15. The zero-order valence-corrected chi connectivity index (χ0v) is 18.0. The summed E-state index contributed by atoms with van der Waals surface area (Å²) in [5, 5.41) is 25.8. The van der Waals surface area contributed by atoms with Crippen molar-refractivity contribution in [3.8, 4) is 11.5 Å². The fourth-order valence-electron chi connectivity index (χ4n) is 3.05. The molecule has 0 aliphatic rings. The summed E-state index contributed by atoms with van der Waals surface area (Å²) in [5.74, 6) is 0.550. The summed E-state index contributed by atoms with van der Waals surface area (Å²) in [6.45, 7) is 4.61. The molecule has 28 heavy (non-hydrogen) atoms. The van der Waals surface area contributed by atoms with Crippen LogP contribution in [-0.2, 0) is 4.79 Å². The van der Waals surface area contributed by atoms with Crippen molar-refractivity contribution < 1.29 is 20.1 Å². The summed E-state index contributed by atoms with van der Waals surface area (Å²) >= 11 is 0. The van der Waals surface area contributed by atoms with E-state index in [9.17, 15) is 4.79 Å². The van der Waals surface area contributed by atoms with E-state index in [-0.39, 0.29) is 11.5 Å². The van der Waals surface area contributed by atoms with Gasteiger partial charge in [-0.3, -0.25) is 4.79 Å². The molecule has 0 aliphatic heterocycles. The number of aliphatic carboxylic acids is 1. The minimum Gasteiger partial charge on any atom is -0.508 e. The van der Waals surface area contributed by atoms with E-state index >= 15 is 0 Å². The lowest BCUT2D eigenvalue weighted by atomic mass is 10.0. The monoisotopic (exact) mass is 394 g/mol. The Bertz CT molecular complexity index is 447. The lowest BCUT2D eigenvalue weighted by Gasteiger charge is -2.04. The highest BCUT2D eigenvalue weighted by molar-refractivity contribution is 5.66. The lowest BCUT2D eigenvalue weighted by molar-refractivity contribution is -0.137. The zero-order chi connectivity index (χ0) is 21.0. The van der Waals surface area contributed by atoms with Gasteiger partial charge in [0.05, 0.1) is 0 Å². The first-order chi connectivity index (χ1) is 13.4. The highest BCUT2D eigenvalue weighted by atomic mass is 16.4. The van der Waals surface area contributed by atoms with E-state index in [1.807, 2.05) is 0 Å². The van der Waals surface area contributed by atoms with Crippen LogP contribution in [0.4, 0.5) is 0 Å². The van der Waals surface area contributed by atoms with Crippen LogP contribution in [0.1, 0.15) is 104 Å². The van der Waals surface area contributed by atoms with Gasteiger partial charge in [0, 0.05) is 6.42 Å². The molecule has 1 rings (SSSR count). The van der Waals surface area contributed by atoms with Crippen molar-refractivity contribution in [1.29, 1.82) is 0 Å². The maximum absolute atomic E-state index is 10.3. The molecule has 0 bridgehead atoms. The highest BCUT2D eigenvalue weighted by Crippen LogP contribution is 2.14. The number of aromatic hydroxyl groups is 2. The third-order valence-corrected chi connectivity index (χ3v) is 4.77. The van der Waals surface area contributed by atoms with Crippen LogP contribution in [0.5, 0.6) is 11.5 Å². The minimum absolute atomic E-state index is 0.169. The molecule has 0 saturated carbocycles. The summed E-state index contributed by atoms with van der Waals surface area (Å²) in [5.41, 5.74) is 0. The fourth-order valence-corrected chi connectivity index (χ4v) is 3.05. The van der Waals surface area contributed by atoms with Crippen molar-refractivity contribution in [1.82, 2.24) is 0 Å². The third-order valence-electron chi connectivity index (χ3n) is 4.77. The number of benzene rings is 1.